The number of imidazole rings is 3. The Hall–Kier alpha value is -8.31. The summed E-state index contributed by atoms with van der Waals surface area (Å²) in [6, 6.07) is 31.6. The fraction of sp³-hybridized carbons (Fsp3) is 0.409. The van der Waals surface area contributed by atoms with Crippen molar-refractivity contribution >= 4 is 17.5 Å². The normalized spacial score (nSPS) is 20.7. The van der Waals surface area contributed by atoms with Crippen molar-refractivity contribution < 1.29 is 30.6 Å². The quantitative estimate of drug-likeness (QED) is 0.0388. The molecule has 21 heteroatoms. The lowest BCUT2D eigenvalue weighted by Crippen LogP contribution is -2.23. The van der Waals surface area contributed by atoms with Gasteiger partial charge in [-0.25, -0.2) is 29.9 Å². The van der Waals surface area contributed by atoms with Gasteiger partial charge in [0.15, 0.2) is 0 Å². The van der Waals surface area contributed by atoms with Crippen molar-refractivity contribution in [2.45, 2.75) is 133 Å². The minimum absolute atomic E-state index is 0.245. The van der Waals surface area contributed by atoms with Gasteiger partial charge in [-0.2, -0.15) is 0 Å². The Morgan fingerprint density at radius 1 is 0.414 bits per heavy atom. The van der Waals surface area contributed by atoms with Crippen molar-refractivity contribution in [3.63, 3.8) is 0 Å². The van der Waals surface area contributed by atoms with Crippen molar-refractivity contribution in [3.05, 3.63) is 144 Å². The average Bonchev–Trinajstić information content (AvgIpc) is 1.61. The highest BCUT2D eigenvalue weighted by Crippen LogP contribution is 2.55. The molecule has 0 saturated heterocycles. The zero-order valence-electron chi connectivity index (χ0n) is 49.2. The molecule has 9 aromatic rings. The van der Waals surface area contributed by atoms with Crippen LogP contribution in [0.2, 0.25) is 0 Å². The minimum Gasteiger partial charge on any atom is -0.394 e. The summed E-state index contributed by atoms with van der Waals surface area (Å²) in [5.41, 5.74) is 14.7. The molecule has 0 radical (unpaired) electrons. The summed E-state index contributed by atoms with van der Waals surface area (Å²) in [6.45, 7) is 5.88. The number of hydrogen-bond acceptors (Lipinski definition) is 18. The standard InChI is InChI=1S/3C22H25N5O2/c3*1-13-3-2-4-18(25-13)20-21(27-16-6-5-15(9-16)22(27)26-20)14-7-8-23-19(10-14)24-11-17(29)12-28/h3*2-4,7-8,10,15-17,28-29H,5-6,9,11-12H2,1H3,(H,23,24)/t15-,16+,17+;15-,16+,17-;/m10./s1. The lowest BCUT2D eigenvalue weighted by Gasteiger charge is -2.18. The molecule has 9 aromatic heterocycles. The summed E-state index contributed by atoms with van der Waals surface area (Å²) in [4.78, 5) is 42.5. The van der Waals surface area contributed by atoms with Crippen LogP contribution in [-0.4, -0.2) is 147 Å². The van der Waals surface area contributed by atoms with E-state index in [9.17, 15) is 15.3 Å². The van der Waals surface area contributed by atoms with Gasteiger partial charge in [-0.1, -0.05) is 18.2 Å². The molecule has 87 heavy (non-hydrogen) atoms. The Balaban J connectivity index is 0.000000121. The zero-order chi connectivity index (χ0) is 59.9. The summed E-state index contributed by atoms with van der Waals surface area (Å²) in [5.74, 6) is 7.14. The molecule has 3 aliphatic heterocycles. The molecule has 3 unspecified atom stereocenters. The van der Waals surface area contributed by atoms with Gasteiger partial charge in [0.1, 0.15) is 52.0 Å². The smallest absolute Gasteiger partial charge is 0.126 e. The molecule has 21 nitrogen and oxygen atoms in total. The number of nitrogens with one attached hydrogen (secondary N) is 3. The van der Waals surface area contributed by atoms with Crippen LogP contribution in [0.4, 0.5) is 17.5 Å². The van der Waals surface area contributed by atoms with E-state index in [1.807, 2.05) is 112 Å². The number of anilines is 3. The summed E-state index contributed by atoms with van der Waals surface area (Å²) < 4.78 is 7.24. The van der Waals surface area contributed by atoms with E-state index in [2.05, 4.69) is 44.6 Å². The van der Waals surface area contributed by atoms with E-state index in [0.29, 0.717) is 53.3 Å². The fourth-order valence-corrected chi connectivity index (χ4v) is 13.9. The van der Waals surface area contributed by atoms with Gasteiger partial charge in [0.2, 0.25) is 0 Å². The van der Waals surface area contributed by atoms with E-state index >= 15 is 0 Å². The third kappa shape index (κ3) is 11.6. The molecule has 9 atom stereocenters. The molecule has 0 spiro atoms. The Labute approximate surface area is 504 Å². The van der Waals surface area contributed by atoms with Crippen LogP contribution < -0.4 is 16.0 Å². The number of aliphatic hydroxyl groups excluding tert-OH is 6. The molecule has 12 heterocycles. The van der Waals surface area contributed by atoms with E-state index in [4.69, 9.17) is 45.2 Å². The van der Waals surface area contributed by atoms with Crippen LogP contribution >= 0.6 is 0 Å². The van der Waals surface area contributed by atoms with Crippen LogP contribution in [-0.2, 0) is 0 Å². The SMILES string of the molecule is Cc1cccc(-c2nc3n(c2-c2ccnc(NCC(O)CO)c2)C2CCC3C2)n1.Cc1cccc(-c2nc3n(c2-c2ccnc(NC[C@H](O)CO)c2)[C@@H]2CC[C@H]3C2)n1.Cc1cccc(-c2nc3n(c2-c2ccnc(NC[C@H](O)CO)c2)[C@H]2CC[C@@H]3C2)n1. The highest BCUT2D eigenvalue weighted by Gasteiger charge is 2.44. The third-order valence-electron chi connectivity index (χ3n) is 17.9. The Morgan fingerprint density at radius 2 is 0.713 bits per heavy atom. The monoisotopic (exact) mass is 1170 g/mol. The molecule has 6 bridgehead atoms. The van der Waals surface area contributed by atoms with Gasteiger partial charge in [0, 0.05) is 108 Å². The summed E-state index contributed by atoms with van der Waals surface area (Å²) in [5, 5.41) is 65.3. The summed E-state index contributed by atoms with van der Waals surface area (Å²) >= 11 is 0. The van der Waals surface area contributed by atoms with E-state index in [1.54, 1.807) is 18.6 Å². The lowest BCUT2D eigenvalue weighted by molar-refractivity contribution is 0.105. The predicted molar refractivity (Wildman–Crippen MR) is 332 cm³/mol. The van der Waals surface area contributed by atoms with Crippen LogP contribution in [0.25, 0.3) is 67.9 Å². The van der Waals surface area contributed by atoms with Crippen LogP contribution in [0, 0.1) is 20.8 Å². The molecule has 6 aliphatic rings. The number of aromatic nitrogens is 12. The number of pyridine rings is 6. The number of fused-ring (bicyclic) bond motifs is 15. The Morgan fingerprint density at radius 3 is 0.989 bits per heavy atom. The molecule has 0 amide bonds. The highest BCUT2D eigenvalue weighted by atomic mass is 16.3. The molecule has 0 aromatic carbocycles. The van der Waals surface area contributed by atoms with E-state index in [0.717, 1.165) is 85.0 Å². The summed E-state index contributed by atoms with van der Waals surface area (Å²) in [6.07, 6.45) is 13.6. The number of aryl methyl sites for hydroxylation is 3. The van der Waals surface area contributed by atoms with E-state index < -0.39 is 18.3 Å². The zero-order valence-corrected chi connectivity index (χ0v) is 49.2. The largest absolute Gasteiger partial charge is 0.394 e. The molecule has 3 saturated carbocycles. The molecular weight excluding hydrogens is 1100 g/mol. The average molecular weight is 1170 g/mol. The van der Waals surface area contributed by atoms with Crippen LogP contribution in [0.15, 0.2) is 110 Å². The minimum atomic E-state index is -0.817. The van der Waals surface area contributed by atoms with Crippen molar-refractivity contribution in [1.82, 2.24) is 58.6 Å². The van der Waals surface area contributed by atoms with E-state index in [1.165, 1.54) is 75.3 Å². The van der Waals surface area contributed by atoms with Gasteiger partial charge in [-0.05, 0) is 151 Å². The van der Waals surface area contributed by atoms with Gasteiger partial charge in [-0.15, -0.1) is 0 Å². The van der Waals surface area contributed by atoms with Crippen molar-refractivity contribution in [3.8, 4) is 67.9 Å². The van der Waals surface area contributed by atoms with Crippen molar-refractivity contribution in [1.29, 1.82) is 0 Å². The second kappa shape index (κ2) is 24.8. The number of aliphatic hydroxyl groups is 6. The second-order valence-electron chi connectivity index (χ2n) is 24.0. The van der Waals surface area contributed by atoms with Gasteiger partial charge < -0.3 is 60.3 Å². The van der Waals surface area contributed by atoms with Gasteiger partial charge in [-0.3, -0.25) is 15.0 Å². The number of nitrogens with zero attached hydrogens (tertiary/aromatic N) is 12. The first-order valence-electron chi connectivity index (χ1n) is 30.6. The topological polar surface area (TPSA) is 288 Å². The molecule has 3 aliphatic carbocycles. The van der Waals surface area contributed by atoms with Crippen LogP contribution in [0.5, 0.6) is 0 Å². The number of rotatable bonds is 18. The third-order valence-corrected chi connectivity index (χ3v) is 17.9. The molecule has 9 N–H and O–H groups in total. The molecule has 15 rings (SSSR count). The Bertz CT molecular complexity index is 3540. The molecule has 3 fully saturated rings. The number of hydrogen-bond donors (Lipinski definition) is 9. The van der Waals surface area contributed by atoms with Gasteiger partial charge >= 0.3 is 0 Å². The fourth-order valence-electron chi connectivity index (χ4n) is 13.9. The van der Waals surface area contributed by atoms with Crippen LogP contribution in [0.3, 0.4) is 0 Å². The first-order chi connectivity index (χ1) is 42.4. The van der Waals surface area contributed by atoms with Crippen LogP contribution in [0.1, 0.15) is 128 Å². The first kappa shape index (κ1) is 57.7. The summed E-state index contributed by atoms with van der Waals surface area (Å²) in [7, 11) is 0. The first-order valence-corrected chi connectivity index (χ1v) is 30.6. The highest BCUT2D eigenvalue weighted by molar-refractivity contribution is 5.82. The second-order valence-corrected chi connectivity index (χ2v) is 24.0. The Kier molecular flexibility index (Phi) is 16.5. The van der Waals surface area contributed by atoms with Gasteiger partial charge in [0.25, 0.3) is 0 Å². The maximum atomic E-state index is 9.63. The van der Waals surface area contributed by atoms with Crippen molar-refractivity contribution in [2.24, 2.45) is 0 Å². The van der Waals surface area contributed by atoms with E-state index in [-0.39, 0.29) is 39.5 Å². The molecule has 450 valence electrons. The van der Waals surface area contributed by atoms with Crippen molar-refractivity contribution in [2.75, 3.05) is 55.4 Å². The molecular formula is C66H75N15O6. The van der Waals surface area contributed by atoms with Gasteiger partial charge in [0.05, 0.1) is 72.3 Å². The predicted octanol–water partition coefficient (Wildman–Crippen LogP) is 8.71. The maximum Gasteiger partial charge on any atom is 0.126 e. The lowest BCUT2D eigenvalue weighted by atomic mass is 10.1. The maximum absolute atomic E-state index is 9.63.